The minimum atomic E-state index is -0.0962. The van der Waals surface area contributed by atoms with Gasteiger partial charge in [-0.1, -0.05) is 36.9 Å². The Labute approximate surface area is 236 Å². The normalized spacial score (nSPS) is 20.5. The lowest BCUT2D eigenvalue weighted by Gasteiger charge is -2.44. The standard InChI is InChI=1S/C30H40ClN7O/c31-26-18-23(29(39)38(20-27-32-11-12-33-27)21-28-34-13-14-35-28)6-7-24(26)19-36-15-8-30(22-36)9-16-37(17-10-30)25-4-2-1-3-5-25/h6-7,11-14,18,25H,1-5,8-10,15-17,19-22H2,(H,32,33)(H,34,35). The maximum Gasteiger partial charge on any atom is 0.254 e. The van der Waals surface area contributed by atoms with Gasteiger partial charge in [-0.2, -0.15) is 0 Å². The number of aromatic nitrogens is 4. The summed E-state index contributed by atoms with van der Waals surface area (Å²) >= 11 is 6.78. The van der Waals surface area contributed by atoms with Gasteiger partial charge < -0.3 is 19.8 Å². The Balaban J connectivity index is 1.07. The third-order valence-corrected chi connectivity index (χ3v) is 9.59. The second kappa shape index (κ2) is 11.8. The fourth-order valence-electron chi connectivity index (χ4n) is 6.94. The SMILES string of the molecule is O=C(c1ccc(CN2CCC3(CCN(C4CCCCC4)CC3)C2)c(Cl)c1)N(Cc1ncc[nH]1)Cc1ncc[nH]1. The zero-order valence-corrected chi connectivity index (χ0v) is 23.5. The Bertz CT molecular complexity index is 1180. The van der Waals surface area contributed by atoms with Crippen LogP contribution in [0.5, 0.6) is 0 Å². The van der Waals surface area contributed by atoms with Gasteiger partial charge in [-0.15, -0.1) is 0 Å². The molecule has 0 radical (unpaired) electrons. The van der Waals surface area contributed by atoms with Gasteiger partial charge in [-0.3, -0.25) is 9.69 Å². The van der Waals surface area contributed by atoms with E-state index in [4.69, 9.17) is 11.6 Å². The summed E-state index contributed by atoms with van der Waals surface area (Å²) in [5.41, 5.74) is 2.13. The number of imidazole rings is 2. The van der Waals surface area contributed by atoms with Crippen molar-refractivity contribution in [3.63, 3.8) is 0 Å². The average Bonchev–Trinajstić information content (AvgIpc) is 3.74. The lowest BCUT2D eigenvalue weighted by molar-refractivity contribution is 0.0615. The highest BCUT2D eigenvalue weighted by Gasteiger charge is 2.41. The van der Waals surface area contributed by atoms with Gasteiger partial charge in [0, 0.05) is 54.5 Å². The molecule has 0 atom stereocenters. The summed E-state index contributed by atoms with van der Waals surface area (Å²) in [7, 11) is 0. The molecule has 2 N–H and O–H groups in total. The van der Waals surface area contributed by atoms with E-state index in [1.807, 2.05) is 18.2 Å². The maximum absolute atomic E-state index is 13.5. The predicted molar refractivity (Wildman–Crippen MR) is 152 cm³/mol. The molecule has 9 heteroatoms. The third kappa shape index (κ3) is 6.23. The number of nitrogens with zero attached hydrogens (tertiary/aromatic N) is 5. The van der Waals surface area contributed by atoms with Crippen molar-refractivity contribution < 1.29 is 4.79 Å². The molecule has 1 aliphatic carbocycles. The number of hydrogen-bond acceptors (Lipinski definition) is 5. The number of rotatable bonds is 8. The van der Waals surface area contributed by atoms with Crippen molar-refractivity contribution in [3.05, 3.63) is 70.8 Å². The van der Waals surface area contributed by atoms with Gasteiger partial charge in [-0.25, -0.2) is 9.97 Å². The van der Waals surface area contributed by atoms with Crippen molar-refractivity contribution in [1.82, 2.24) is 34.6 Å². The van der Waals surface area contributed by atoms with Crippen LogP contribution in [-0.4, -0.2) is 72.8 Å². The molecule has 2 aromatic heterocycles. The van der Waals surface area contributed by atoms with Crippen molar-refractivity contribution in [2.75, 3.05) is 26.2 Å². The van der Waals surface area contributed by atoms with Crippen LogP contribution in [-0.2, 0) is 19.6 Å². The van der Waals surface area contributed by atoms with E-state index in [0.717, 1.165) is 42.9 Å². The molecule has 1 aromatic carbocycles. The topological polar surface area (TPSA) is 84.2 Å². The molecule has 3 fully saturated rings. The first kappa shape index (κ1) is 26.5. The van der Waals surface area contributed by atoms with Crippen molar-refractivity contribution >= 4 is 17.5 Å². The largest absolute Gasteiger partial charge is 0.347 e. The number of carbonyl (C=O) groups is 1. The van der Waals surface area contributed by atoms with Crippen LogP contribution in [0.1, 0.15) is 78.9 Å². The van der Waals surface area contributed by atoms with Crippen molar-refractivity contribution in [2.45, 2.75) is 77.0 Å². The molecule has 2 aliphatic heterocycles. The van der Waals surface area contributed by atoms with Crippen molar-refractivity contribution in [2.24, 2.45) is 5.41 Å². The molecule has 1 spiro atoms. The van der Waals surface area contributed by atoms with Crippen LogP contribution in [0.4, 0.5) is 0 Å². The zero-order chi connectivity index (χ0) is 26.7. The highest BCUT2D eigenvalue weighted by Crippen LogP contribution is 2.42. The number of halogens is 1. The number of amides is 1. The smallest absolute Gasteiger partial charge is 0.254 e. The van der Waals surface area contributed by atoms with Crippen LogP contribution >= 0.6 is 11.6 Å². The van der Waals surface area contributed by atoms with Crippen LogP contribution in [0, 0.1) is 5.41 Å². The molecule has 3 aliphatic rings. The number of hydrogen-bond donors (Lipinski definition) is 2. The number of benzene rings is 1. The molecule has 1 saturated carbocycles. The van der Waals surface area contributed by atoms with E-state index in [2.05, 4.69) is 29.7 Å². The second-order valence-corrected chi connectivity index (χ2v) is 12.2. The maximum atomic E-state index is 13.5. The quantitative estimate of drug-likeness (QED) is 0.401. The lowest BCUT2D eigenvalue weighted by Crippen LogP contribution is -2.46. The second-order valence-electron chi connectivity index (χ2n) is 11.8. The Hall–Kier alpha value is -2.68. The molecule has 6 rings (SSSR count). The summed E-state index contributed by atoms with van der Waals surface area (Å²) in [6, 6.07) is 6.60. The summed E-state index contributed by atoms with van der Waals surface area (Å²) in [6.45, 7) is 6.37. The lowest BCUT2D eigenvalue weighted by atomic mass is 9.77. The number of carbonyl (C=O) groups excluding carboxylic acids is 1. The van der Waals surface area contributed by atoms with Gasteiger partial charge in [-0.05, 0) is 74.8 Å². The zero-order valence-electron chi connectivity index (χ0n) is 22.7. The Morgan fingerprint density at radius 1 is 0.974 bits per heavy atom. The molecule has 3 aromatic rings. The highest BCUT2D eigenvalue weighted by atomic mass is 35.5. The van der Waals surface area contributed by atoms with E-state index in [-0.39, 0.29) is 5.91 Å². The van der Waals surface area contributed by atoms with E-state index in [0.29, 0.717) is 29.1 Å². The van der Waals surface area contributed by atoms with Crippen LogP contribution in [0.25, 0.3) is 0 Å². The molecule has 39 heavy (non-hydrogen) atoms. The summed E-state index contributed by atoms with van der Waals surface area (Å²) in [5.74, 6) is 1.36. The minimum Gasteiger partial charge on any atom is -0.347 e. The van der Waals surface area contributed by atoms with Crippen molar-refractivity contribution in [3.8, 4) is 0 Å². The minimum absolute atomic E-state index is 0.0962. The third-order valence-electron chi connectivity index (χ3n) is 9.24. The fourth-order valence-corrected chi connectivity index (χ4v) is 7.18. The van der Waals surface area contributed by atoms with Gasteiger partial charge in [0.05, 0.1) is 13.1 Å². The van der Waals surface area contributed by atoms with Crippen LogP contribution < -0.4 is 0 Å². The molecule has 208 valence electrons. The Kier molecular flexibility index (Phi) is 8.04. The Morgan fingerprint density at radius 3 is 2.26 bits per heavy atom. The van der Waals surface area contributed by atoms with Crippen LogP contribution in [0.15, 0.2) is 43.0 Å². The summed E-state index contributed by atoms with van der Waals surface area (Å²) in [6.07, 6.45) is 17.9. The van der Waals surface area contributed by atoms with E-state index in [9.17, 15) is 4.79 Å². The number of nitrogens with one attached hydrogen (secondary N) is 2. The Morgan fingerprint density at radius 2 is 1.64 bits per heavy atom. The van der Waals surface area contributed by atoms with Gasteiger partial charge in [0.2, 0.25) is 0 Å². The van der Waals surface area contributed by atoms with E-state index in [1.165, 1.54) is 64.5 Å². The number of piperidine rings is 1. The van der Waals surface area contributed by atoms with Gasteiger partial charge in [0.25, 0.3) is 5.91 Å². The average molecular weight is 550 g/mol. The molecular formula is C30H40ClN7O. The van der Waals surface area contributed by atoms with Crippen LogP contribution in [0.2, 0.25) is 5.02 Å². The first-order valence-electron chi connectivity index (χ1n) is 14.6. The number of aromatic amines is 2. The molecule has 8 nitrogen and oxygen atoms in total. The highest BCUT2D eigenvalue weighted by molar-refractivity contribution is 6.31. The van der Waals surface area contributed by atoms with Crippen LogP contribution in [0.3, 0.4) is 0 Å². The molecule has 1 amide bonds. The van der Waals surface area contributed by atoms with E-state index < -0.39 is 0 Å². The van der Waals surface area contributed by atoms with Crippen molar-refractivity contribution in [1.29, 1.82) is 0 Å². The predicted octanol–water partition coefficient (Wildman–Crippen LogP) is 5.25. The van der Waals surface area contributed by atoms with Gasteiger partial charge in [0.15, 0.2) is 0 Å². The van der Waals surface area contributed by atoms with E-state index in [1.54, 1.807) is 29.7 Å². The molecular weight excluding hydrogens is 510 g/mol. The van der Waals surface area contributed by atoms with Gasteiger partial charge >= 0.3 is 0 Å². The van der Waals surface area contributed by atoms with E-state index >= 15 is 0 Å². The summed E-state index contributed by atoms with van der Waals surface area (Å²) < 4.78 is 0. The molecule has 2 saturated heterocycles. The fraction of sp³-hybridized carbons (Fsp3) is 0.567. The molecule has 0 unspecified atom stereocenters. The monoisotopic (exact) mass is 549 g/mol. The number of H-pyrrole nitrogens is 2. The number of likely N-dealkylation sites (tertiary alicyclic amines) is 2. The van der Waals surface area contributed by atoms with Gasteiger partial charge in [0.1, 0.15) is 11.6 Å². The summed E-state index contributed by atoms with van der Waals surface area (Å²) in [4.78, 5) is 35.4. The molecule has 4 heterocycles. The first-order valence-corrected chi connectivity index (χ1v) is 15.0. The summed E-state index contributed by atoms with van der Waals surface area (Å²) in [5, 5.41) is 0.657. The first-order chi connectivity index (χ1) is 19.1. The molecule has 0 bridgehead atoms.